The van der Waals surface area contributed by atoms with Crippen LogP contribution in [-0.2, 0) is 6.42 Å². The Labute approximate surface area is 139 Å². The topological polar surface area (TPSA) is 46.9 Å². The van der Waals surface area contributed by atoms with Gasteiger partial charge >= 0.3 is 0 Å². The van der Waals surface area contributed by atoms with Gasteiger partial charge in [0.25, 0.3) is 5.91 Å². The Balaban J connectivity index is 1.71. The number of nitrogens with one attached hydrogen (secondary N) is 1. The summed E-state index contributed by atoms with van der Waals surface area (Å²) in [4.78, 5) is 12.4. The quantitative estimate of drug-likeness (QED) is 0.780. The second kappa shape index (κ2) is 6.79. The number of thiophene rings is 1. The zero-order valence-corrected chi connectivity index (χ0v) is 14.1. The third kappa shape index (κ3) is 3.35. The number of aromatic nitrogens is 2. The van der Waals surface area contributed by atoms with E-state index < -0.39 is 0 Å². The molecule has 1 aromatic carbocycles. The highest BCUT2D eigenvalue weighted by Gasteiger charge is 2.15. The van der Waals surface area contributed by atoms with Crippen molar-refractivity contribution in [3.8, 4) is 5.69 Å². The summed E-state index contributed by atoms with van der Waals surface area (Å²) in [7, 11) is 0. The molecule has 3 aromatic rings. The van der Waals surface area contributed by atoms with Gasteiger partial charge < -0.3 is 5.32 Å². The Morgan fingerprint density at radius 3 is 2.83 bits per heavy atom. The number of hydrogen-bond donors (Lipinski definition) is 1. The molecule has 0 atom stereocenters. The van der Waals surface area contributed by atoms with Gasteiger partial charge in [-0.2, -0.15) is 16.4 Å². The van der Waals surface area contributed by atoms with Crippen LogP contribution >= 0.6 is 11.3 Å². The van der Waals surface area contributed by atoms with Crippen molar-refractivity contribution in [1.82, 2.24) is 15.1 Å². The summed E-state index contributed by atoms with van der Waals surface area (Å²) in [5, 5.41) is 11.5. The van der Waals surface area contributed by atoms with Crippen LogP contribution < -0.4 is 5.32 Å². The van der Waals surface area contributed by atoms with E-state index in [2.05, 4.69) is 21.9 Å². The Morgan fingerprint density at radius 1 is 1.26 bits per heavy atom. The van der Waals surface area contributed by atoms with Crippen LogP contribution in [0, 0.1) is 13.8 Å². The molecule has 3 rings (SSSR count). The maximum Gasteiger partial charge on any atom is 0.254 e. The van der Waals surface area contributed by atoms with Crippen molar-refractivity contribution in [2.45, 2.75) is 20.3 Å². The number of aryl methyl sites for hydroxylation is 1. The molecule has 0 spiro atoms. The van der Waals surface area contributed by atoms with E-state index >= 15 is 0 Å². The molecule has 0 bridgehead atoms. The Kier molecular flexibility index (Phi) is 4.57. The van der Waals surface area contributed by atoms with E-state index in [-0.39, 0.29) is 5.91 Å². The summed E-state index contributed by atoms with van der Waals surface area (Å²) in [5.74, 6) is -0.0717. The van der Waals surface area contributed by atoms with Gasteiger partial charge in [-0.1, -0.05) is 18.2 Å². The highest BCUT2D eigenvalue weighted by atomic mass is 32.1. The summed E-state index contributed by atoms with van der Waals surface area (Å²) in [6, 6.07) is 10.1. The van der Waals surface area contributed by atoms with Crippen LogP contribution in [0.2, 0.25) is 0 Å². The van der Waals surface area contributed by atoms with Crippen LogP contribution in [-0.4, -0.2) is 22.2 Å². The Bertz CT molecular complexity index is 806. The van der Waals surface area contributed by atoms with E-state index in [1.165, 1.54) is 5.56 Å². The molecule has 23 heavy (non-hydrogen) atoms. The number of benzene rings is 1. The standard InChI is InChI=1S/C18H19N3OS/c1-13-5-3-4-6-17(13)21-14(2)16(11-20-21)18(22)19-9-7-15-8-10-23-12-15/h3-6,8,10-12H,7,9H2,1-2H3,(H,19,22). The number of carbonyl (C=O) groups excluding carboxylic acids is 1. The molecule has 0 aliphatic carbocycles. The minimum atomic E-state index is -0.0717. The van der Waals surface area contributed by atoms with E-state index in [0.29, 0.717) is 12.1 Å². The molecule has 4 nitrogen and oxygen atoms in total. The molecule has 0 saturated carbocycles. The van der Waals surface area contributed by atoms with Crippen LogP contribution in [0.4, 0.5) is 0 Å². The molecule has 118 valence electrons. The highest BCUT2D eigenvalue weighted by Crippen LogP contribution is 2.17. The number of para-hydroxylation sites is 1. The molecule has 0 aliphatic rings. The molecule has 2 aromatic heterocycles. The first-order valence-electron chi connectivity index (χ1n) is 7.56. The lowest BCUT2D eigenvalue weighted by Gasteiger charge is -2.08. The normalized spacial score (nSPS) is 10.7. The summed E-state index contributed by atoms with van der Waals surface area (Å²) in [6.07, 6.45) is 2.49. The number of rotatable bonds is 5. The van der Waals surface area contributed by atoms with Gasteiger partial charge in [-0.25, -0.2) is 4.68 Å². The first kappa shape index (κ1) is 15.5. The molecule has 1 N–H and O–H groups in total. The van der Waals surface area contributed by atoms with Crippen molar-refractivity contribution in [2.75, 3.05) is 6.54 Å². The fourth-order valence-electron chi connectivity index (χ4n) is 2.53. The second-order valence-electron chi connectivity index (χ2n) is 5.48. The summed E-state index contributed by atoms with van der Waals surface area (Å²) in [6.45, 7) is 4.59. The fraction of sp³-hybridized carbons (Fsp3) is 0.222. The van der Waals surface area contributed by atoms with Gasteiger partial charge in [0.05, 0.1) is 23.1 Å². The fourth-order valence-corrected chi connectivity index (χ4v) is 3.23. The lowest BCUT2D eigenvalue weighted by molar-refractivity contribution is 0.0953. The van der Waals surface area contributed by atoms with Crippen molar-refractivity contribution in [3.05, 3.63) is 69.7 Å². The molecule has 0 radical (unpaired) electrons. The summed E-state index contributed by atoms with van der Waals surface area (Å²) >= 11 is 1.67. The lowest BCUT2D eigenvalue weighted by atomic mass is 10.2. The lowest BCUT2D eigenvalue weighted by Crippen LogP contribution is -2.26. The van der Waals surface area contributed by atoms with Gasteiger partial charge in [0.15, 0.2) is 0 Å². The van der Waals surface area contributed by atoms with E-state index in [1.807, 2.05) is 48.2 Å². The Morgan fingerprint density at radius 2 is 2.09 bits per heavy atom. The van der Waals surface area contributed by atoms with Gasteiger partial charge in [0.2, 0.25) is 0 Å². The molecule has 0 fully saturated rings. The molecule has 0 unspecified atom stereocenters. The SMILES string of the molecule is Cc1ccccc1-n1ncc(C(=O)NCCc2ccsc2)c1C. The minimum Gasteiger partial charge on any atom is -0.352 e. The maximum absolute atomic E-state index is 12.4. The predicted octanol–water partition coefficient (Wildman–Crippen LogP) is 3.52. The number of amides is 1. The van der Waals surface area contributed by atoms with Crippen molar-refractivity contribution in [3.63, 3.8) is 0 Å². The van der Waals surface area contributed by atoms with Crippen molar-refractivity contribution in [2.24, 2.45) is 0 Å². The van der Waals surface area contributed by atoms with E-state index in [9.17, 15) is 4.79 Å². The first-order valence-corrected chi connectivity index (χ1v) is 8.51. The van der Waals surface area contributed by atoms with E-state index in [1.54, 1.807) is 17.5 Å². The zero-order chi connectivity index (χ0) is 16.2. The number of carbonyl (C=O) groups is 1. The third-order valence-electron chi connectivity index (χ3n) is 3.88. The average Bonchev–Trinajstić information content (AvgIpc) is 3.18. The van der Waals surface area contributed by atoms with Gasteiger partial charge in [-0.3, -0.25) is 4.79 Å². The predicted molar refractivity (Wildman–Crippen MR) is 93.4 cm³/mol. The first-order chi connectivity index (χ1) is 11.2. The molecular weight excluding hydrogens is 306 g/mol. The smallest absolute Gasteiger partial charge is 0.254 e. The molecule has 5 heteroatoms. The molecule has 2 heterocycles. The van der Waals surface area contributed by atoms with Gasteiger partial charge in [-0.15, -0.1) is 0 Å². The average molecular weight is 325 g/mol. The van der Waals surface area contributed by atoms with Crippen LogP contribution in [0.3, 0.4) is 0 Å². The minimum absolute atomic E-state index is 0.0717. The zero-order valence-electron chi connectivity index (χ0n) is 13.2. The highest BCUT2D eigenvalue weighted by molar-refractivity contribution is 7.07. The molecule has 0 saturated heterocycles. The monoisotopic (exact) mass is 325 g/mol. The maximum atomic E-state index is 12.4. The van der Waals surface area contributed by atoms with E-state index in [4.69, 9.17) is 0 Å². The van der Waals surface area contributed by atoms with E-state index in [0.717, 1.165) is 23.4 Å². The third-order valence-corrected chi connectivity index (χ3v) is 4.61. The van der Waals surface area contributed by atoms with Crippen LogP contribution in [0.25, 0.3) is 5.69 Å². The van der Waals surface area contributed by atoms with Gasteiger partial charge in [0.1, 0.15) is 0 Å². The van der Waals surface area contributed by atoms with Crippen LogP contribution in [0.1, 0.15) is 27.2 Å². The second-order valence-corrected chi connectivity index (χ2v) is 6.26. The number of hydrogen-bond acceptors (Lipinski definition) is 3. The van der Waals surface area contributed by atoms with Crippen molar-refractivity contribution < 1.29 is 4.79 Å². The van der Waals surface area contributed by atoms with Crippen molar-refractivity contribution in [1.29, 1.82) is 0 Å². The summed E-state index contributed by atoms with van der Waals surface area (Å²) < 4.78 is 1.82. The molecule has 0 aliphatic heterocycles. The Hall–Kier alpha value is -2.40. The largest absolute Gasteiger partial charge is 0.352 e. The van der Waals surface area contributed by atoms with Crippen LogP contribution in [0.5, 0.6) is 0 Å². The molecular formula is C18H19N3OS. The summed E-state index contributed by atoms with van der Waals surface area (Å²) in [5.41, 5.74) is 4.86. The molecule has 1 amide bonds. The van der Waals surface area contributed by atoms with Crippen molar-refractivity contribution >= 4 is 17.2 Å². The van der Waals surface area contributed by atoms with Gasteiger partial charge in [-0.05, 0) is 54.3 Å². The van der Waals surface area contributed by atoms with Gasteiger partial charge in [0, 0.05) is 6.54 Å². The number of nitrogens with zero attached hydrogens (tertiary/aromatic N) is 2. The van der Waals surface area contributed by atoms with Crippen LogP contribution in [0.15, 0.2) is 47.3 Å².